The zero-order valence-electron chi connectivity index (χ0n) is 24.5. The number of nitrogens with zero attached hydrogens (tertiary/aromatic N) is 1. The van der Waals surface area contributed by atoms with Crippen LogP contribution in [0, 0.1) is 52.3 Å². The minimum absolute atomic E-state index is 0.00337. The Morgan fingerprint density at radius 2 is 1.71 bits per heavy atom. The number of fused-ring (bicyclic) bond motifs is 5. The number of hydrogen-bond donors (Lipinski definition) is 3. The van der Waals surface area contributed by atoms with Crippen LogP contribution in [0.25, 0.3) is 0 Å². The van der Waals surface area contributed by atoms with Crippen LogP contribution < -0.4 is 0 Å². The molecule has 11 atom stereocenters. The van der Waals surface area contributed by atoms with E-state index < -0.39 is 15.9 Å². The van der Waals surface area contributed by atoms with Crippen LogP contribution in [0.3, 0.4) is 0 Å². The molecule has 38 heavy (non-hydrogen) atoms. The van der Waals surface area contributed by atoms with Crippen LogP contribution in [0.4, 0.5) is 0 Å². The predicted octanol–water partition coefficient (Wildman–Crippen LogP) is 4.76. The highest BCUT2D eigenvalue weighted by molar-refractivity contribution is 7.85. The molecule has 0 unspecified atom stereocenters. The van der Waals surface area contributed by atoms with E-state index in [0.717, 1.165) is 44.9 Å². The summed E-state index contributed by atoms with van der Waals surface area (Å²) in [5.41, 5.74) is 0.0508. The summed E-state index contributed by atoms with van der Waals surface area (Å²) in [5, 5.41) is 22.2. The summed E-state index contributed by atoms with van der Waals surface area (Å²) in [6.45, 7) is 13.2. The van der Waals surface area contributed by atoms with Crippen molar-refractivity contribution in [3.63, 3.8) is 0 Å². The van der Waals surface area contributed by atoms with Gasteiger partial charge in [-0.1, -0.05) is 27.7 Å². The predicted molar refractivity (Wildman–Crippen MR) is 149 cm³/mol. The molecule has 4 rings (SSSR count). The van der Waals surface area contributed by atoms with Gasteiger partial charge in [0.2, 0.25) is 5.91 Å². The third-order valence-corrected chi connectivity index (χ3v) is 12.9. The second-order valence-electron chi connectivity index (χ2n) is 14.4. The number of amides is 1. The molecule has 8 heteroatoms. The van der Waals surface area contributed by atoms with Crippen LogP contribution in [0.2, 0.25) is 0 Å². The molecule has 0 saturated heterocycles. The van der Waals surface area contributed by atoms with Gasteiger partial charge in [-0.05, 0) is 117 Å². The summed E-state index contributed by atoms with van der Waals surface area (Å²) in [6.07, 6.45) is 7.65. The van der Waals surface area contributed by atoms with Gasteiger partial charge in [-0.15, -0.1) is 0 Å². The second-order valence-corrected chi connectivity index (χ2v) is 16.0. The molecule has 0 heterocycles. The Kier molecular flexibility index (Phi) is 8.71. The van der Waals surface area contributed by atoms with E-state index in [2.05, 4.69) is 27.7 Å². The first-order valence-electron chi connectivity index (χ1n) is 15.2. The normalized spacial score (nSPS) is 43.7. The topological polar surface area (TPSA) is 115 Å². The number of rotatable bonds is 8. The molecule has 220 valence electrons. The van der Waals surface area contributed by atoms with Gasteiger partial charge in [0, 0.05) is 19.0 Å². The summed E-state index contributed by atoms with van der Waals surface area (Å²) in [7, 11) is -4.12. The first-order valence-corrected chi connectivity index (χ1v) is 16.8. The Hall–Kier alpha value is -0.700. The van der Waals surface area contributed by atoms with Gasteiger partial charge < -0.3 is 15.1 Å². The van der Waals surface area contributed by atoms with Crippen LogP contribution in [0.15, 0.2) is 0 Å². The van der Waals surface area contributed by atoms with Crippen molar-refractivity contribution in [2.45, 2.75) is 118 Å². The molecule has 1 amide bonds. The maximum absolute atomic E-state index is 13.1. The third kappa shape index (κ3) is 5.45. The lowest BCUT2D eigenvalue weighted by molar-refractivity contribution is -0.190. The van der Waals surface area contributed by atoms with E-state index in [1.54, 1.807) is 4.90 Å². The molecule has 4 aliphatic rings. The zero-order chi connectivity index (χ0) is 28.2. The van der Waals surface area contributed by atoms with Crippen LogP contribution in [-0.2, 0) is 14.9 Å². The highest BCUT2D eigenvalue weighted by Gasteiger charge is 2.65. The van der Waals surface area contributed by atoms with E-state index in [9.17, 15) is 23.4 Å². The molecule has 4 fully saturated rings. The van der Waals surface area contributed by atoms with Crippen molar-refractivity contribution in [3.05, 3.63) is 0 Å². The summed E-state index contributed by atoms with van der Waals surface area (Å²) in [6, 6.07) is -0.135. The van der Waals surface area contributed by atoms with E-state index in [1.807, 2.05) is 13.8 Å². The molecule has 0 aromatic carbocycles. The molecule has 3 N–H and O–H groups in total. The summed E-state index contributed by atoms with van der Waals surface area (Å²) >= 11 is 0. The van der Waals surface area contributed by atoms with Gasteiger partial charge in [0.1, 0.15) is 0 Å². The Balaban J connectivity index is 1.46. The molecule has 0 aromatic rings. The monoisotopic (exact) mass is 555 g/mol. The fraction of sp³-hybridized carbons (Fsp3) is 0.967. The smallest absolute Gasteiger partial charge is 0.266 e. The number of carbonyl (C=O) groups is 1. The summed E-state index contributed by atoms with van der Waals surface area (Å²) < 4.78 is 31.6. The Labute approximate surface area is 230 Å². The van der Waals surface area contributed by atoms with Crippen molar-refractivity contribution in [2.75, 3.05) is 12.3 Å². The molecule has 0 aromatic heterocycles. The molecule has 0 aliphatic heterocycles. The summed E-state index contributed by atoms with van der Waals surface area (Å²) in [4.78, 5) is 14.6. The van der Waals surface area contributed by atoms with Crippen molar-refractivity contribution < 1.29 is 28.0 Å². The molecule has 0 spiro atoms. The van der Waals surface area contributed by atoms with Gasteiger partial charge >= 0.3 is 0 Å². The molecular weight excluding hydrogens is 502 g/mol. The SMILES string of the molecule is CC(C)N(CCS(=O)(=O)O)C(=O)CC[C@@H](C)[C@H]1CC[C@H]2[C@@H]3[C@H](C)C[C@@H]4C[C@H](O)CC[C@]4(C)[C@H]3C[C@H](O)[C@]12C. The first-order chi connectivity index (χ1) is 17.6. The maximum atomic E-state index is 13.1. The van der Waals surface area contributed by atoms with Crippen molar-refractivity contribution in [1.82, 2.24) is 4.90 Å². The standard InChI is InChI=1S/C30H53NO6S/c1-18(2)31(13-14-38(35,36)37)27(34)10-7-19(3)23-8-9-24-28-20(4)15-21-16-22(32)11-12-29(21,5)25(28)17-26(33)30(23,24)6/h18-26,28,32-33H,7-17H2,1-6H3,(H,35,36,37)/t19-,20-,21-,22-,23-,24+,25+,26+,28+,29+,30-/m1/s1. The fourth-order valence-electron chi connectivity index (χ4n) is 10.1. The number of hydrogen-bond acceptors (Lipinski definition) is 5. The number of carbonyl (C=O) groups excluding carboxylic acids is 1. The van der Waals surface area contributed by atoms with Crippen molar-refractivity contribution in [3.8, 4) is 0 Å². The fourth-order valence-corrected chi connectivity index (χ4v) is 10.6. The van der Waals surface area contributed by atoms with Gasteiger partial charge in [-0.2, -0.15) is 8.42 Å². The van der Waals surface area contributed by atoms with Crippen LogP contribution in [0.5, 0.6) is 0 Å². The van der Waals surface area contributed by atoms with Gasteiger partial charge in [-0.3, -0.25) is 9.35 Å². The van der Waals surface area contributed by atoms with Crippen molar-refractivity contribution in [1.29, 1.82) is 0 Å². The summed E-state index contributed by atoms with van der Waals surface area (Å²) in [5.74, 6) is 2.87. The van der Waals surface area contributed by atoms with Gasteiger partial charge in [-0.25, -0.2) is 0 Å². The number of aliphatic hydroxyl groups excluding tert-OH is 2. The molecule has 0 bridgehead atoms. The van der Waals surface area contributed by atoms with Crippen LogP contribution in [-0.4, -0.2) is 64.5 Å². The lowest BCUT2D eigenvalue weighted by atomic mass is 9.42. The molecule has 4 saturated carbocycles. The minimum atomic E-state index is -4.12. The molecule has 0 radical (unpaired) electrons. The van der Waals surface area contributed by atoms with Gasteiger partial charge in [0.05, 0.1) is 18.0 Å². The lowest BCUT2D eigenvalue weighted by Crippen LogP contribution is -2.60. The third-order valence-electron chi connectivity index (χ3n) is 12.2. The van der Waals surface area contributed by atoms with E-state index >= 15 is 0 Å². The quantitative estimate of drug-likeness (QED) is 0.372. The van der Waals surface area contributed by atoms with Crippen LogP contribution in [0.1, 0.15) is 99.3 Å². The average Bonchev–Trinajstić information content (AvgIpc) is 3.17. The second kappa shape index (κ2) is 10.9. The zero-order valence-corrected chi connectivity index (χ0v) is 25.3. The maximum Gasteiger partial charge on any atom is 0.266 e. The Morgan fingerprint density at radius 1 is 1.03 bits per heavy atom. The van der Waals surface area contributed by atoms with E-state index in [-0.39, 0.29) is 47.4 Å². The van der Waals surface area contributed by atoms with Gasteiger partial charge in [0.15, 0.2) is 0 Å². The van der Waals surface area contributed by atoms with Crippen molar-refractivity contribution >= 4 is 16.0 Å². The van der Waals surface area contributed by atoms with Crippen LogP contribution >= 0.6 is 0 Å². The lowest BCUT2D eigenvalue weighted by Gasteiger charge is -2.64. The molecule has 4 aliphatic carbocycles. The van der Waals surface area contributed by atoms with Gasteiger partial charge in [0.25, 0.3) is 10.1 Å². The largest absolute Gasteiger partial charge is 0.393 e. The highest BCUT2D eigenvalue weighted by Crippen LogP contribution is 2.69. The number of aliphatic hydroxyl groups is 2. The average molecular weight is 556 g/mol. The Morgan fingerprint density at radius 3 is 2.34 bits per heavy atom. The highest BCUT2D eigenvalue weighted by atomic mass is 32.2. The van der Waals surface area contributed by atoms with E-state index in [0.29, 0.717) is 41.9 Å². The van der Waals surface area contributed by atoms with E-state index in [4.69, 9.17) is 4.55 Å². The first kappa shape index (κ1) is 30.3. The molecular formula is C30H53NO6S. The minimum Gasteiger partial charge on any atom is -0.393 e. The Bertz CT molecular complexity index is 970. The molecule has 7 nitrogen and oxygen atoms in total. The van der Waals surface area contributed by atoms with E-state index in [1.165, 1.54) is 6.42 Å². The van der Waals surface area contributed by atoms with Crippen molar-refractivity contribution in [2.24, 2.45) is 52.3 Å².